The van der Waals surface area contributed by atoms with Gasteiger partial charge in [-0.2, -0.15) is 5.26 Å². The summed E-state index contributed by atoms with van der Waals surface area (Å²) in [4.78, 5) is 0.862. The Hall–Kier alpha value is -1.66. The van der Waals surface area contributed by atoms with E-state index in [9.17, 15) is 9.47 Å². The summed E-state index contributed by atoms with van der Waals surface area (Å²) in [5.41, 5.74) is 0. The third-order valence-corrected chi connectivity index (χ3v) is 6.18. The fourth-order valence-electron chi connectivity index (χ4n) is 3.14. The second-order valence-corrected chi connectivity index (χ2v) is 7.39. The van der Waals surface area contributed by atoms with E-state index >= 15 is 0 Å². The number of nitriles is 1. The Labute approximate surface area is 128 Å². The van der Waals surface area contributed by atoms with Gasteiger partial charge in [0.15, 0.2) is 0 Å². The van der Waals surface area contributed by atoms with Crippen LogP contribution in [0.2, 0.25) is 0 Å². The number of fused-ring (bicyclic) bond motifs is 1. The van der Waals surface area contributed by atoms with Gasteiger partial charge in [-0.25, -0.2) is 0 Å². The molecule has 0 aliphatic heterocycles. The van der Waals surface area contributed by atoms with E-state index in [4.69, 9.17) is 0 Å². The van der Waals surface area contributed by atoms with Crippen LogP contribution in [0.3, 0.4) is 0 Å². The standard InChI is InChI=1S/C18H19NOS/c19-13-16-8-2-1-3-9-18(16)21(20)17-11-10-14-6-4-5-7-15(14)12-17/h4-7,10-12,16,18H,1-3,8-9H2. The van der Waals surface area contributed by atoms with Crippen molar-refractivity contribution in [3.63, 3.8) is 0 Å². The van der Waals surface area contributed by atoms with Crippen molar-refractivity contribution in [2.45, 2.75) is 42.2 Å². The molecule has 1 saturated carbocycles. The minimum Gasteiger partial charge on any atom is -0.254 e. The predicted octanol–water partition coefficient (Wildman–Crippen LogP) is 4.42. The highest BCUT2D eigenvalue weighted by Gasteiger charge is 2.29. The Balaban J connectivity index is 1.93. The van der Waals surface area contributed by atoms with Gasteiger partial charge in [0.05, 0.1) is 28.0 Å². The molecule has 2 nitrogen and oxygen atoms in total. The highest BCUT2D eigenvalue weighted by Crippen LogP contribution is 2.30. The summed E-state index contributed by atoms with van der Waals surface area (Å²) in [6, 6.07) is 16.5. The van der Waals surface area contributed by atoms with Crippen molar-refractivity contribution in [2.75, 3.05) is 0 Å². The van der Waals surface area contributed by atoms with Gasteiger partial charge in [-0.3, -0.25) is 4.21 Å². The third-order valence-electron chi connectivity index (χ3n) is 4.35. The number of hydrogen-bond donors (Lipinski definition) is 0. The van der Waals surface area contributed by atoms with Crippen molar-refractivity contribution in [1.82, 2.24) is 0 Å². The maximum absolute atomic E-state index is 12.9. The zero-order valence-electron chi connectivity index (χ0n) is 12.0. The van der Waals surface area contributed by atoms with E-state index in [-0.39, 0.29) is 11.2 Å². The molecular formula is C18H19NOS. The lowest BCUT2D eigenvalue weighted by Crippen LogP contribution is -2.23. The largest absolute Gasteiger partial charge is 0.254 e. The van der Waals surface area contributed by atoms with Crippen molar-refractivity contribution >= 4 is 21.6 Å². The lowest BCUT2D eigenvalue weighted by atomic mass is 10.0. The summed E-state index contributed by atoms with van der Waals surface area (Å²) < 4.78 is 12.9. The minimum absolute atomic E-state index is 0.0151. The van der Waals surface area contributed by atoms with E-state index in [1.807, 2.05) is 36.4 Å². The summed E-state index contributed by atoms with van der Waals surface area (Å²) in [7, 11) is -1.09. The molecule has 1 aliphatic carbocycles. The fourth-order valence-corrected chi connectivity index (χ4v) is 4.82. The number of hydrogen-bond acceptors (Lipinski definition) is 2. The molecule has 3 atom stereocenters. The first-order valence-electron chi connectivity index (χ1n) is 7.58. The van der Waals surface area contributed by atoms with Crippen LogP contribution in [0.5, 0.6) is 0 Å². The summed E-state index contributed by atoms with van der Waals surface area (Å²) in [6.45, 7) is 0. The van der Waals surface area contributed by atoms with Gasteiger partial charge in [0.1, 0.15) is 0 Å². The summed E-state index contributed by atoms with van der Waals surface area (Å²) >= 11 is 0. The SMILES string of the molecule is N#CC1CCCCCC1S(=O)c1ccc2ccccc2c1. The Kier molecular flexibility index (Phi) is 4.36. The van der Waals surface area contributed by atoms with Crippen LogP contribution in [0.25, 0.3) is 10.8 Å². The molecule has 0 N–H and O–H groups in total. The third kappa shape index (κ3) is 3.01. The summed E-state index contributed by atoms with van der Waals surface area (Å²) in [5, 5.41) is 11.6. The molecule has 21 heavy (non-hydrogen) atoms. The summed E-state index contributed by atoms with van der Waals surface area (Å²) in [5.74, 6) is -0.0696. The molecule has 3 rings (SSSR count). The average Bonchev–Trinajstić information content (AvgIpc) is 2.79. The van der Waals surface area contributed by atoms with Gasteiger partial charge in [0, 0.05) is 4.90 Å². The monoisotopic (exact) mass is 297 g/mol. The normalized spacial score (nSPS) is 24.1. The molecular weight excluding hydrogens is 278 g/mol. The van der Waals surface area contributed by atoms with Crippen LogP contribution >= 0.6 is 0 Å². The molecule has 0 bridgehead atoms. The fraction of sp³-hybridized carbons (Fsp3) is 0.389. The minimum atomic E-state index is -1.09. The van der Waals surface area contributed by atoms with Crippen molar-refractivity contribution < 1.29 is 4.21 Å². The van der Waals surface area contributed by atoms with Crippen LogP contribution < -0.4 is 0 Å². The molecule has 0 amide bonds. The first kappa shape index (κ1) is 14.3. The smallest absolute Gasteiger partial charge is 0.0668 e. The van der Waals surface area contributed by atoms with E-state index in [2.05, 4.69) is 12.1 Å². The Morgan fingerprint density at radius 2 is 1.76 bits per heavy atom. The van der Waals surface area contributed by atoms with Gasteiger partial charge in [0.2, 0.25) is 0 Å². The molecule has 0 heterocycles. The topological polar surface area (TPSA) is 40.9 Å². The van der Waals surface area contributed by atoms with Crippen molar-refractivity contribution in [3.05, 3.63) is 42.5 Å². The van der Waals surface area contributed by atoms with Crippen molar-refractivity contribution in [2.24, 2.45) is 5.92 Å². The maximum Gasteiger partial charge on any atom is 0.0668 e. The molecule has 3 heteroatoms. The molecule has 2 aromatic carbocycles. The second kappa shape index (κ2) is 6.41. The zero-order valence-corrected chi connectivity index (χ0v) is 12.8. The lowest BCUT2D eigenvalue weighted by Gasteiger charge is -2.19. The molecule has 0 radical (unpaired) electrons. The quantitative estimate of drug-likeness (QED) is 0.770. The summed E-state index contributed by atoms with van der Waals surface area (Å²) in [6.07, 6.45) is 5.12. The van der Waals surface area contributed by atoms with Gasteiger partial charge in [-0.15, -0.1) is 0 Å². The Morgan fingerprint density at radius 1 is 1.00 bits per heavy atom. The molecule has 2 aromatic rings. The lowest BCUT2D eigenvalue weighted by molar-refractivity contribution is 0.564. The van der Waals surface area contributed by atoms with Crippen LogP contribution in [-0.4, -0.2) is 9.46 Å². The molecule has 0 aromatic heterocycles. The first-order chi connectivity index (χ1) is 10.3. The van der Waals surface area contributed by atoms with Crippen LogP contribution in [0, 0.1) is 17.2 Å². The molecule has 108 valence electrons. The second-order valence-electron chi connectivity index (χ2n) is 5.72. The highest BCUT2D eigenvalue weighted by molar-refractivity contribution is 7.85. The van der Waals surface area contributed by atoms with E-state index in [0.717, 1.165) is 47.8 Å². The number of benzene rings is 2. The van der Waals surface area contributed by atoms with Crippen molar-refractivity contribution in [3.8, 4) is 6.07 Å². The van der Waals surface area contributed by atoms with E-state index in [1.165, 1.54) is 0 Å². The number of nitrogens with zero attached hydrogens (tertiary/aromatic N) is 1. The van der Waals surface area contributed by atoms with E-state index < -0.39 is 10.8 Å². The van der Waals surface area contributed by atoms with E-state index in [1.54, 1.807) is 0 Å². The molecule has 1 aliphatic rings. The number of rotatable bonds is 2. The van der Waals surface area contributed by atoms with E-state index in [0.29, 0.717) is 0 Å². The van der Waals surface area contributed by atoms with Gasteiger partial charge < -0.3 is 0 Å². The Morgan fingerprint density at radius 3 is 2.57 bits per heavy atom. The van der Waals surface area contributed by atoms with Gasteiger partial charge in [0.25, 0.3) is 0 Å². The first-order valence-corrected chi connectivity index (χ1v) is 8.80. The molecule has 1 fully saturated rings. The zero-order chi connectivity index (χ0) is 14.7. The van der Waals surface area contributed by atoms with Gasteiger partial charge >= 0.3 is 0 Å². The molecule has 0 spiro atoms. The van der Waals surface area contributed by atoms with Gasteiger partial charge in [-0.05, 0) is 35.7 Å². The van der Waals surface area contributed by atoms with Gasteiger partial charge in [-0.1, -0.05) is 49.6 Å². The van der Waals surface area contributed by atoms with Crippen LogP contribution in [0.15, 0.2) is 47.4 Å². The van der Waals surface area contributed by atoms with Crippen molar-refractivity contribution in [1.29, 1.82) is 5.26 Å². The van der Waals surface area contributed by atoms with Crippen LogP contribution in [-0.2, 0) is 10.8 Å². The average molecular weight is 297 g/mol. The molecule has 3 unspecified atom stereocenters. The highest BCUT2D eigenvalue weighted by atomic mass is 32.2. The van der Waals surface area contributed by atoms with Crippen LogP contribution in [0.1, 0.15) is 32.1 Å². The van der Waals surface area contributed by atoms with Crippen LogP contribution in [0.4, 0.5) is 0 Å². The molecule has 0 saturated heterocycles. The Bertz CT molecular complexity index is 704. The maximum atomic E-state index is 12.9. The predicted molar refractivity (Wildman–Crippen MR) is 86.3 cm³/mol.